The summed E-state index contributed by atoms with van der Waals surface area (Å²) in [5.41, 5.74) is 8.06. The van der Waals surface area contributed by atoms with Crippen LogP contribution in [0.25, 0.3) is 0 Å². The van der Waals surface area contributed by atoms with Crippen molar-refractivity contribution >= 4 is 0 Å². The van der Waals surface area contributed by atoms with E-state index in [1.54, 1.807) is 6.07 Å². The van der Waals surface area contributed by atoms with E-state index in [1.165, 1.54) is 6.07 Å². The minimum absolute atomic E-state index is 0.126. The van der Waals surface area contributed by atoms with Crippen molar-refractivity contribution in [2.24, 2.45) is 5.73 Å². The fourth-order valence-electron chi connectivity index (χ4n) is 2.44. The summed E-state index contributed by atoms with van der Waals surface area (Å²) in [5.74, 6) is -0.179. The fourth-order valence-corrected chi connectivity index (χ4v) is 2.44. The summed E-state index contributed by atoms with van der Waals surface area (Å²) in [5, 5.41) is 0. The maximum absolute atomic E-state index is 13.4. The molecule has 3 heteroatoms. The third-order valence-electron chi connectivity index (χ3n) is 3.29. The first-order chi connectivity index (χ1) is 8.63. The van der Waals surface area contributed by atoms with E-state index in [0.717, 1.165) is 37.1 Å². The molecule has 1 aromatic carbocycles. The number of aryl methyl sites for hydroxylation is 1. The molecule has 0 saturated carbocycles. The Hall–Kier alpha value is -0.930. The van der Waals surface area contributed by atoms with Crippen molar-refractivity contribution in [1.82, 2.24) is 4.90 Å². The highest BCUT2D eigenvalue weighted by molar-refractivity contribution is 5.30. The van der Waals surface area contributed by atoms with Crippen molar-refractivity contribution in [1.29, 1.82) is 0 Å². The van der Waals surface area contributed by atoms with Crippen LogP contribution < -0.4 is 5.73 Å². The van der Waals surface area contributed by atoms with Gasteiger partial charge in [-0.3, -0.25) is 4.90 Å². The Labute approximate surface area is 110 Å². The van der Waals surface area contributed by atoms with Gasteiger partial charge in [-0.25, -0.2) is 4.39 Å². The molecule has 0 fully saturated rings. The summed E-state index contributed by atoms with van der Waals surface area (Å²) < 4.78 is 13.4. The van der Waals surface area contributed by atoms with Crippen molar-refractivity contribution in [3.05, 3.63) is 35.1 Å². The molecule has 0 aromatic heterocycles. The van der Waals surface area contributed by atoms with Gasteiger partial charge in [-0.2, -0.15) is 0 Å². The van der Waals surface area contributed by atoms with Crippen LogP contribution in [0.15, 0.2) is 18.2 Å². The summed E-state index contributed by atoms with van der Waals surface area (Å²) in [6.07, 6.45) is 2.18. The molecule has 0 spiro atoms. The zero-order chi connectivity index (χ0) is 13.5. The van der Waals surface area contributed by atoms with Gasteiger partial charge < -0.3 is 5.73 Å². The number of hydrogen-bond donors (Lipinski definition) is 1. The van der Waals surface area contributed by atoms with Crippen LogP contribution in [-0.4, -0.2) is 24.5 Å². The van der Waals surface area contributed by atoms with Gasteiger partial charge in [0.25, 0.3) is 0 Å². The first-order valence-corrected chi connectivity index (χ1v) is 6.84. The molecule has 0 amide bonds. The second-order valence-electron chi connectivity index (χ2n) is 4.79. The lowest BCUT2D eigenvalue weighted by Crippen LogP contribution is -2.35. The molecule has 102 valence electrons. The maximum Gasteiger partial charge on any atom is 0.123 e. The number of rotatable bonds is 7. The van der Waals surface area contributed by atoms with E-state index in [9.17, 15) is 4.39 Å². The Balaban J connectivity index is 3.01. The molecule has 18 heavy (non-hydrogen) atoms. The molecule has 0 aliphatic rings. The molecule has 0 aliphatic carbocycles. The van der Waals surface area contributed by atoms with Crippen molar-refractivity contribution in [2.45, 2.75) is 39.7 Å². The summed E-state index contributed by atoms with van der Waals surface area (Å²) in [6.45, 7) is 8.89. The number of hydrogen-bond acceptors (Lipinski definition) is 2. The van der Waals surface area contributed by atoms with Crippen LogP contribution in [-0.2, 0) is 0 Å². The average molecular weight is 252 g/mol. The van der Waals surface area contributed by atoms with Gasteiger partial charge in [0.05, 0.1) is 0 Å². The molecule has 2 nitrogen and oxygen atoms in total. The van der Waals surface area contributed by atoms with Crippen molar-refractivity contribution < 1.29 is 4.39 Å². The monoisotopic (exact) mass is 252 g/mol. The van der Waals surface area contributed by atoms with Crippen LogP contribution in [0.5, 0.6) is 0 Å². The molecule has 0 radical (unpaired) electrons. The molecule has 1 unspecified atom stereocenters. The van der Waals surface area contributed by atoms with E-state index >= 15 is 0 Å². The molecule has 1 rings (SSSR count). The quantitative estimate of drug-likeness (QED) is 0.807. The van der Waals surface area contributed by atoms with Gasteiger partial charge in [-0.05, 0) is 56.1 Å². The minimum atomic E-state index is -0.179. The van der Waals surface area contributed by atoms with Gasteiger partial charge in [0.2, 0.25) is 0 Å². The lowest BCUT2D eigenvalue weighted by atomic mass is 9.99. The molecule has 0 aliphatic heterocycles. The van der Waals surface area contributed by atoms with Gasteiger partial charge in [0.1, 0.15) is 5.82 Å². The number of halogens is 1. The van der Waals surface area contributed by atoms with Gasteiger partial charge in [0, 0.05) is 12.6 Å². The summed E-state index contributed by atoms with van der Waals surface area (Å²) in [6, 6.07) is 5.10. The third-order valence-corrected chi connectivity index (χ3v) is 3.29. The van der Waals surface area contributed by atoms with E-state index in [0.29, 0.717) is 6.54 Å². The Morgan fingerprint density at radius 3 is 2.33 bits per heavy atom. The SMILES string of the molecule is CCCN(CCC)C(CN)c1cc(F)ccc1C. The molecule has 0 heterocycles. The first-order valence-electron chi connectivity index (χ1n) is 6.84. The van der Waals surface area contributed by atoms with Gasteiger partial charge >= 0.3 is 0 Å². The van der Waals surface area contributed by atoms with Crippen molar-refractivity contribution in [3.8, 4) is 0 Å². The standard InChI is InChI=1S/C15H25FN2/c1-4-8-18(9-5-2)15(11-17)14-10-13(16)7-6-12(14)3/h6-7,10,15H,4-5,8-9,11,17H2,1-3H3. The molecule has 1 atom stereocenters. The topological polar surface area (TPSA) is 29.3 Å². The van der Waals surface area contributed by atoms with Crippen LogP contribution in [0.1, 0.15) is 43.9 Å². The summed E-state index contributed by atoms with van der Waals surface area (Å²) in [4.78, 5) is 2.36. The van der Waals surface area contributed by atoms with Crippen LogP contribution in [0.3, 0.4) is 0 Å². The Morgan fingerprint density at radius 2 is 1.83 bits per heavy atom. The van der Waals surface area contributed by atoms with Crippen LogP contribution in [0.4, 0.5) is 4.39 Å². The van der Waals surface area contributed by atoms with Crippen molar-refractivity contribution in [3.63, 3.8) is 0 Å². The largest absolute Gasteiger partial charge is 0.329 e. The van der Waals surface area contributed by atoms with E-state index in [1.807, 2.05) is 13.0 Å². The molecule has 0 bridgehead atoms. The summed E-state index contributed by atoms with van der Waals surface area (Å²) >= 11 is 0. The predicted octanol–water partition coefficient (Wildman–Crippen LogP) is 3.26. The number of nitrogens with zero attached hydrogens (tertiary/aromatic N) is 1. The molecule has 2 N–H and O–H groups in total. The molecular formula is C15H25FN2. The first kappa shape index (κ1) is 15.1. The number of nitrogens with two attached hydrogens (primary N) is 1. The minimum Gasteiger partial charge on any atom is -0.329 e. The van der Waals surface area contributed by atoms with Crippen LogP contribution >= 0.6 is 0 Å². The normalized spacial score (nSPS) is 13.0. The summed E-state index contributed by atoms with van der Waals surface area (Å²) in [7, 11) is 0. The second kappa shape index (κ2) is 7.49. The molecule has 1 aromatic rings. The van der Waals surface area contributed by atoms with E-state index < -0.39 is 0 Å². The lowest BCUT2D eigenvalue weighted by Gasteiger charge is -2.31. The Kier molecular flexibility index (Phi) is 6.30. The zero-order valence-electron chi connectivity index (χ0n) is 11.7. The average Bonchev–Trinajstić information content (AvgIpc) is 2.35. The predicted molar refractivity (Wildman–Crippen MR) is 75.1 cm³/mol. The zero-order valence-corrected chi connectivity index (χ0v) is 11.7. The van der Waals surface area contributed by atoms with E-state index in [2.05, 4.69) is 18.7 Å². The molecular weight excluding hydrogens is 227 g/mol. The van der Waals surface area contributed by atoms with Crippen molar-refractivity contribution in [2.75, 3.05) is 19.6 Å². The van der Waals surface area contributed by atoms with E-state index in [-0.39, 0.29) is 11.9 Å². The van der Waals surface area contributed by atoms with Gasteiger partial charge in [0.15, 0.2) is 0 Å². The Morgan fingerprint density at radius 1 is 1.22 bits per heavy atom. The highest BCUT2D eigenvalue weighted by Crippen LogP contribution is 2.24. The highest BCUT2D eigenvalue weighted by atomic mass is 19.1. The smallest absolute Gasteiger partial charge is 0.123 e. The fraction of sp³-hybridized carbons (Fsp3) is 0.600. The molecule has 0 saturated heterocycles. The van der Waals surface area contributed by atoms with Crippen LogP contribution in [0.2, 0.25) is 0 Å². The van der Waals surface area contributed by atoms with Gasteiger partial charge in [-0.15, -0.1) is 0 Å². The maximum atomic E-state index is 13.4. The number of benzene rings is 1. The highest BCUT2D eigenvalue weighted by Gasteiger charge is 2.19. The Bertz CT molecular complexity index is 360. The van der Waals surface area contributed by atoms with Gasteiger partial charge in [-0.1, -0.05) is 19.9 Å². The van der Waals surface area contributed by atoms with E-state index in [4.69, 9.17) is 5.73 Å². The lowest BCUT2D eigenvalue weighted by molar-refractivity contribution is 0.201. The third kappa shape index (κ3) is 3.79. The van der Waals surface area contributed by atoms with Crippen LogP contribution in [0, 0.1) is 12.7 Å². The second-order valence-corrected chi connectivity index (χ2v) is 4.79.